The molecule has 0 aliphatic carbocycles. The second-order valence-electron chi connectivity index (χ2n) is 6.79. The molecule has 3 rings (SSSR count). The second-order valence-corrected chi connectivity index (χ2v) is 7.71. The van der Waals surface area contributed by atoms with Gasteiger partial charge in [0.15, 0.2) is 0 Å². The lowest BCUT2D eigenvalue weighted by atomic mass is 10.0. The average molecular weight is 452 g/mol. The summed E-state index contributed by atoms with van der Waals surface area (Å²) in [6.45, 7) is 3.92. The molecule has 1 atom stereocenters. The van der Waals surface area contributed by atoms with Crippen molar-refractivity contribution in [3.05, 3.63) is 94.2 Å². The summed E-state index contributed by atoms with van der Waals surface area (Å²) >= 11 is 3.39. The summed E-state index contributed by atoms with van der Waals surface area (Å²) in [5.41, 5.74) is 3.19. The van der Waals surface area contributed by atoms with E-state index in [0.29, 0.717) is 17.8 Å². The van der Waals surface area contributed by atoms with Gasteiger partial charge >= 0.3 is 0 Å². The molecular formula is C23H22BrN3O2. The van der Waals surface area contributed by atoms with Gasteiger partial charge in [0.05, 0.1) is 11.6 Å². The molecule has 2 amide bonds. The van der Waals surface area contributed by atoms with Gasteiger partial charge in [-0.1, -0.05) is 42.5 Å². The van der Waals surface area contributed by atoms with E-state index in [-0.39, 0.29) is 17.9 Å². The highest BCUT2D eigenvalue weighted by molar-refractivity contribution is 9.10. The van der Waals surface area contributed by atoms with Gasteiger partial charge in [0, 0.05) is 36.0 Å². The summed E-state index contributed by atoms with van der Waals surface area (Å²) in [4.78, 5) is 30.7. The van der Waals surface area contributed by atoms with Crippen LogP contribution in [0, 0.1) is 0 Å². The molecule has 1 aromatic heterocycles. The number of rotatable bonds is 6. The third-order valence-electron chi connectivity index (χ3n) is 4.57. The van der Waals surface area contributed by atoms with Crippen LogP contribution >= 0.6 is 15.9 Å². The van der Waals surface area contributed by atoms with E-state index in [1.54, 1.807) is 18.5 Å². The number of pyridine rings is 1. The topological polar surface area (TPSA) is 62.3 Å². The van der Waals surface area contributed by atoms with E-state index in [1.165, 1.54) is 6.92 Å². The highest BCUT2D eigenvalue weighted by Gasteiger charge is 2.24. The van der Waals surface area contributed by atoms with Gasteiger partial charge < -0.3 is 10.2 Å². The number of hydrogen-bond donors (Lipinski definition) is 1. The third-order valence-corrected chi connectivity index (χ3v) is 5.00. The molecule has 0 aliphatic rings. The van der Waals surface area contributed by atoms with Crippen LogP contribution in [0.15, 0.2) is 77.5 Å². The van der Waals surface area contributed by atoms with Gasteiger partial charge in [0.2, 0.25) is 5.91 Å². The Morgan fingerprint density at radius 2 is 1.83 bits per heavy atom. The number of carbonyl (C=O) groups is 2. The minimum Gasteiger partial charge on any atom is -0.328 e. The average Bonchev–Trinajstić information content (AvgIpc) is 2.71. The van der Waals surface area contributed by atoms with Crippen molar-refractivity contribution in [3.63, 3.8) is 0 Å². The Balaban J connectivity index is 1.95. The molecular weight excluding hydrogens is 430 g/mol. The second kappa shape index (κ2) is 9.47. The highest BCUT2D eigenvalue weighted by atomic mass is 79.9. The number of benzene rings is 2. The summed E-state index contributed by atoms with van der Waals surface area (Å²) < 4.78 is 0.753. The molecule has 3 aromatic rings. The van der Waals surface area contributed by atoms with Crippen molar-refractivity contribution in [2.75, 3.05) is 5.32 Å². The van der Waals surface area contributed by atoms with E-state index in [1.807, 2.05) is 66.4 Å². The Hall–Kier alpha value is -2.99. The van der Waals surface area contributed by atoms with Crippen LogP contribution in [0.25, 0.3) is 0 Å². The number of amides is 2. The first-order chi connectivity index (χ1) is 13.9. The number of nitrogens with zero attached hydrogens (tertiary/aromatic N) is 2. The summed E-state index contributed by atoms with van der Waals surface area (Å²) in [5.74, 6) is -0.243. The minimum absolute atomic E-state index is 0.111. The van der Waals surface area contributed by atoms with Gasteiger partial charge in [-0.15, -0.1) is 0 Å². The van der Waals surface area contributed by atoms with Gasteiger partial charge in [0.1, 0.15) is 0 Å². The molecule has 0 saturated carbocycles. The van der Waals surface area contributed by atoms with E-state index in [2.05, 4.69) is 26.2 Å². The molecule has 0 bridgehead atoms. The smallest absolute Gasteiger partial charge is 0.256 e. The Kier molecular flexibility index (Phi) is 6.77. The van der Waals surface area contributed by atoms with Crippen molar-refractivity contribution in [3.8, 4) is 0 Å². The van der Waals surface area contributed by atoms with E-state index >= 15 is 0 Å². The van der Waals surface area contributed by atoms with Gasteiger partial charge in [0.25, 0.3) is 5.91 Å². The van der Waals surface area contributed by atoms with E-state index in [9.17, 15) is 9.59 Å². The Labute approximate surface area is 178 Å². The quantitative estimate of drug-likeness (QED) is 0.559. The monoisotopic (exact) mass is 451 g/mol. The summed E-state index contributed by atoms with van der Waals surface area (Å²) in [7, 11) is 0. The number of nitrogens with one attached hydrogen (secondary N) is 1. The summed E-state index contributed by atoms with van der Waals surface area (Å²) in [5, 5.41) is 2.80. The lowest BCUT2D eigenvalue weighted by Gasteiger charge is -2.30. The van der Waals surface area contributed by atoms with E-state index in [0.717, 1.165) is 15.6 Å². The van der Waals surface area contributed by atoms with Crippen LogP contribution in [0.1, 0.15) is 41.4 Å². The summed E-state index contributed by atoms with van der Waals surface area (Å²) in [6, 6.07) is 19.0. The van der Waals surface area contributed by atoms with E-state index in [4.69, 9.17) is 0 Å². The normalized spacial score (nSPS) is 11.6. The Morgan fingerprint density at radius 1 is 1.07 bits per heavy atom. The van der Waals surface area contributed by atoms with Crippen molar-refractivity contribution >= 4 is 33.4 Å². The predicted molar refractivity (Wildman–Crippen MR) is 117 cm³/mol. The largest absolute Gasteiger partial charge is 0.328 e. The molecule has 5 nitrogen and oxygen atoms in total. The molecule has 0 spiro atoms. The van der Waals surface area contributed by atoms with Crippen LogP contribution in [-0.2, 0) is 11.3 Å². The summed E-state index contributed by atoms with van der Waals surface area (Å²) in [6.07, 6.45) is 3.23. The van der Waals surface area contributed by atoms with Crippen LogP contribution in [0.3, 0.4) is 0 Å². The SMILES string of the molecule is CC(=O)Nc1cccc(C(C)N(Cc2ccccc2)C(=O)c2cncc(Br)c2)c1. The van der Waals surface area contributed by atoms with Crippen molar-refractivity contribution in [1.82, 2.24) is 9.88 Å². The first-order valence-corrected chi connectivity index (χ1v) is 10.1. The first-order valence-electron chi connectivity index (χ1n) is 9.27. The van der Waals surface area contributed by atoms with Crippen LogP contribution < -0.4 is 5.32 Å². The zero-order valence-electron chi connectivity index (χ0n) is 16.3. The lowest BCUT2D eigenvalue weighted by molar-refractivity contribution is -0.114. The van der Waals surface area contributed by atoms with Crippen molar-refractivity contribution < 1.29 is 9.59 Å². The van der Waals surface area contributed by atoms with Crippen LogP contribution in [-0.4, -0.2) is 21.7 Å². The van der Waals surface area contributed by atoms with Crippen molar-refractivity contribution in [2.45, 2.75) is 26.4 Å². The minimum atomic E-state index is -0.213. The predicted octanol–water partition coefficient (Wildman–Crippen LogP) is 5.21. The van der Waals surface area contributed by atoms with Crippen molar-refractivity contribution in [2.24, 2.45) is 0 Å². The highest BCUT2D eigenvalue weighted by Crippen LogP contribution is 2.27. The number of anilines is 1. The standard InChI is InChI=1S/C23H22BrN3O2/c1-16(19-9-6-10-22(12-19)26-17(2)28)27(15-18-7-4-3-5-8-18)23(29)20-11-21(24)14-25-13-20/h3-14,16H,15H2,1-2H3,(H,26,28). The van der Waals surface area contributed by atoms with Gasteiger partial charge in [-0.2, -0.15) is 0 Å². The van der Waals surface area contributed by atoms with Gasteiger partial charge in [-0.05, 0) is 52.2 Å². The zero-order chi connectivity index (χ0) is 20.8. The number of halogens is 1. The lowest BCUT2D eigenvalue weighted by Crippen LogP contribution is -2.33. The van der Waals surface area contributed by atoms with Crippen LogP contribution in [0.2, 0.25) is 0 Å². The molecule has 0 fully saturated rings. The molecule has 1 heterocycles. The molecule has 1 N–H and O–H groups in total. The molecule has 0 radical (unpaired) electrons. The maximum Gasteiger partial charge on any atom is 0.256 e. The number of hydrogen-bond acceptors (Lipinski definition) is 3. The molecule has 29 heavy (non-hydrogen) atoms. The zero-order valence-corrected chi connectivity index (χ0v) is 17.9. The molecule has 6 heteroatoms. The third kappa shape index (κ3) is 5.51. The fraction of sp³-hybridized carbons (Fsp3) is 0.174. The first kappa shape index (κ1) is 20.7. The molecule has 0 aliphatic heterocycles. The molecule has 148 valence electrons. The van der Waals surface area contributed by atoms with Crippen LogP contribution in [0.5, 0.6) is 0 Å². The fourth-order valence-corrected chi connectivity index (χ4v) is 3.48. The number of aromatic nitrogens is 1. The Bertz CT molecular complexity index is 1010. The molecule has 1 unspecified atom stereocenters. The van der Waals surface area contributed by atoms with Crippen molar-refractivity contribution in [1.29, 1.82) is 0 Å². The van der Waals surface area contributed by atoms with Gasteiger partial charge in [-0.25, -0.2) is 0 Å². The molecule has 2 aromatic carbocycles. The number of carbonyl (C=O) groups excluding carboxylic acids is 2. The Morgan fingerprint density at radius 3 is 2.52 bits per heavy atom. The fourth-order valence-electron chi connectivity index (χ4n) is 3.12. The maximum absolute atomic E-state index is 13.4. The molecule has 0 saturated heterocycles. The maximum atomic E-state index is 13.4. The van der Waals surface area contributed by atoms with Crippen LogP contribution in [0.4, 0.5) is 5.69 Å². The van der Waals surface area contributed by atoms with Gasteiger partial charge in [-0.3, -0.25) is 14.6 Å². The van der Waals surface area contributed by atoms with E-state index < -0.39 is 0 Å².